The minimum atomic E-state index is -0.640. The summed E-state index contributed by atoms with van der Waals surface area (Å²) in [7, 11) is 0. The molecule has 0 atom stereocenters. The van der Waals surface area contributed by atoms with Gasteiger partial charge in [0.05, 0.1) is 17.3 Å². The Morgan fingerprint density at radius 1 is 0.886 bits per heavy atom. The van der Waals surface area contributed by atoms with Crippen molar-refractivity contribution in [2.24, 2.45) is 5.92 Å². The molecule has 0 spiro atoms. The lowest BCUT2D eigenvalue weighted by atomic mass is 9.82. The second-order valence-corrected chi connectivity index (χ2v) is 11.5. The normalized spacial score (nSPS) is 16.8. The second kappa shape index (κ2) is 11.5. The van der Waals surface area contributed by atoms with Crippen LogP contribution >= 0.6 is 0 Å². The molecule has 0 radical (unpaired) electrons. The van der Waals surface area contributed by atoms with E-state index in [1.165, 1.54) is 9.13 Å². The van der Waals surface area contributed by atoms with Gasteiger partial charge in [-0.1, -0.05) is 48.5 Å². The van der Waals surface area contributed by atoms with E-state index >= 15 is 0 Å². The Morgan fingerprint density at radius 2 is 1.66 bits per heavy atom. The third-order valence-corrected chi connectivity index (χ3v) is 8.62. The standard InChI is InChI=1S/C35H30FN5O3/c36-26-20-29-33(37-21-26)40(28-10-6-9-25(18-28)17-23-7-2-1-3-8-23)35(44)41(34(29)43)27-14-12-24(13-15-27)19-31(42)30-22-39-16-5-4-11-32(39)38-30/h1-11,16,18,20-22,24,27H,12-15,17,19H2. The zero-order valence-corrected chi connectivity index (χ0v) is 24.0. The van der Waals surface area contributed by atoms with Crippen molar-refractivity contribution in [3.05, 3.63) is 141 Å². The number of benzene rings is 2. The fourth-order valence-electron chi connectivity index (χ4n) is 6.42. The van der Waals surface area contributed by atoms with Gasteiger partial charge in [-0.3, -0.25) is 14.2 Å². The number of imidazole rings is 1. The molecular weight excluding hydrogens is 557 g/mol. The van der Waals surface area contributed by atoms with E-state index < -0.39 is 17.1 Å². The van der Waals surface area contributed by atoms with E-state index in [0.717, 1.165) is 29.0 Å². The number of aromatic nitrogens is 5. The number of Topliss-reactive ketones (excluding diaryl/α,β-unsaturated/α-hetero) is 1. The first kappa shape index (κ1) is 27.6. The van der Waals surface area contributed by atoms with Crippen LogP contribution in [-0.2, 0) is 6.42 Å². The van der Waals surface area contributed by atoms with Crippen molar-refractivity contribution in [2.75, 3.05) is 0 Å². The van der Waals surface area contributed by atoms with Gasteiger partial charge in [0.15, 0.2) is 11.4 Å². The highest BCUT2D eigenvalue weighted by atomic mass is 19.1. The lowest BCUT2D eigenvalue weighted by Crippen LogP contribution is -2.43. The molecule has 1 aliphatic carbocycles. The number of halogens is 1. The van der Waals surface area contributed by atoms with Crippen molar-refractivity contribution in [3.8, 4) is 5.69 Å². The van der Waals surface area contributed by atoms with Crippen LogP contribution in [0.1, 0.15) is 59.8 Å². The Balaban J connectivity index is 1.18. The number of nitrogens with zero attached hydrogens (tertiary/aromatic N) is 5. The highest BCUT2D eigenvalue weighted by Gasteiger charge is 2.29. The molecule has 2 aromatic carbocycles. The highest BCUT2D eigenvalue weighted by molar-refractivity contribution is 5.94. The smallest absolute Gasteiger partial charge is 0.306 e. The van der Waals surface area contributed by atoms with Gasteiger partial charge in [-0.05, 0) is 79.5 Å². The Morgan fingerprint density at radius 3 is 2.45 bits per heavy atom. The summed E-state index contributed by atoms with van der Waals surface area (Å²) in [6.07, 6.45) is 8.14. The van der Waals surface area contributed by atoms with Crippen LogP contribution in [-0.4, -0.2) is 29.3 Å². The minimum absolute atomic E-state index is 0.0145. The number of hydrogen-bond acceptors (Lipinski definition) is 5. The quantitative estimate of drug-likeness (QED) is 0.216. The molecule has 0 bridgehead atoms. The van der Waals surface area contributed by atoms with Crippen LogP contribution < -0.4 is 11.2 Å². The second-order valence-electron chi connectivity index (χ2n) is 11.5. The summed E-state index contributed by atoms with van der Waals surface area (Å²) in [5.41, 5.74) is 2.93. The van der Waals surface area contributed by atoms with Crippen molar-refractivity contribution in [1.82, 2.24) is 23.5 Å². The topological polar surface area (TPSA) is 91.3 Å². The predicted molar refractivity (Wildman–Crippen MR) is 166 cm³/mol. The van der Waals surface area contributed by atoms with Crippen molar-refractivity contribution in [3.63, 3.8) is 0 Å². The molecule has 9 heteroatoms. The lowest BCUT2D eigenvalue weighted by molar-refractivity contribution is 0.0938. The molecule has 8 nitrogen and oxygen atoms in total. The monoisotopic (exact) mass is 587 g/mol. The van der Waals surface area contributed by atoms with Gasteiger partial charge >= 0.3 is 5.69 Å². The van der Waals surface area contributed by atoms with Crippen LogP contribution in [0.3, 0.4) is 0 Å². The Bertz CT molecular complexity index is 2090. The molecule has 0 amide bonds. The largest absolute Gasteiger partial charge is 0.337 e. The summed E-state index contributed by atoms with van der Waals surface area (Å²) in [6, 6.07) is 24.0. The summed E-state index contributed by atoms with van der Waals surface area (Å²) in [6.45, 7) is 0. The van der Waals surface area contributed by atoms with Gasteiger partial charge in [-0.25, -0.2) is 23.7 Å². The van der Waals surface area contributed by atoms with Gasteiger partial charge < -0.3 is 4.40 Å². The molecule has 1 aliphatic rings. The Hall–Kier alpha value is -5.18. The average molecular weight is 588 g/mol. The minimum Gasteiger partial charge on any atom is -0.306 e. The van der Waals surface area contributed by atoms with Crippen LogP contribution in [0.4, 0.5) is 4.39 Å². The number of pyridine rings is 2. The first-order chi connectivity index (χ1) is 21.4. The average Bonchev–Trinajstić information content (AvgIpc) is 3.48. The van der Waals surface area contributed by atoms with E-state index in [1.807, 2.05) is 77.3 Å². The third-order valence-electron chi connectivity index (χ3n) is 8.62. The van der Waals surface area contributed by atoms with Crippen molar-refractivity contribution < 1.29 is 9.18 Å². The molecule has 1 fully saturated rings. The molecule has 0 unspecified atom stereocenters. The number of carbonyl (C=O) groups is 1. The number of ketones is 1. The molecule has 1 saturated carbocycles. The first-order valence-electron chi connectivity index (χ1n) is 14.9. The van der Waals surface area contributed by atoms with Gasteiger partial charge in [0.1, 0.15) is 17.2 Å². The van der Waals surface area contributed by atoms with E-state index in [0.29, 0.717) is 49.9 Å². The maximum absolute atomic E-state index is 14.4. The van der Waals surface area contributed by atoms with Gasteiger partial charge in [0.25, 0.3) is 5.56 Å². The van der Waals surface area contributed by atoms with Gasteiger partial charge in [0.2, 0.25) is 0 Å². The molecule has 0 aliphatic heterocycles. The fourth-order valence-corrected chi connectivity index (χ4v) is 6.42. The Kier molecular flexibility index (Phi) is 7.21. The summed E-state index contributed by atoms with van der Waals surface area (Å²) < 4.78 is 18.9. The van der Waals surface area contributed by atoms with Crippen molar-refractivity contribution in [2.45, 2.75) is 44.6 Å². The van der Waals surface area contributed by atoms with E-state index in [2.05, 4.69) is 9.97 Å². The number of hydrogen-bond donors (Lipinski definition) is 0. The number of carbonyl (C=O) groups excluding carboxylic acids is 1. The van der Waals surface area contributed by atoms with Crippen LogP contribution in [0.15, 0.2) is 107 Å². The van der Waals surface area contributed by atoms with Crippen LogP contribution in [0, 0.1) is 11.7 Å². The molecule has 4 aromatic heterocycles. The highest BCUT2D eigenvalue weighted by Crippen LogP contribution is 2.33. The van der Waals surface area contributed by atoms with Gasteiger partial charge in [0, 0.05) is 24.9 Å². The maximum Gasteiger partial charge on any atom is 0.337 e. The van der Waals surface area contributed by atoms with E-state index in [9.17, 15) is 18.8 Å². The number of rotatable bonds is 7. The molecular formula is C35H30FN5O3. The van der Waals surface area contributed by atoms with E-state index in [4.69, 9.17) is 0 Å². The molecule has 44 heavy (non-hydrogen) atoms. The van der Waals surface area contributed by atoms with Crippen molar-refractivity contribution >= 4 is 22.5 Å². The summed E-state index contributed by atoms with van der Waals surface area (Å²) >= 11 is 0. The predicted octanol–water partition coefficient (Wildman–Crippen LogP) is 5.93. The first-order valence-corrected chi connectivity index (χ1v) is 14.9. The molecule has 4 heterocycles. The Labute approximate surface area is 252 Å². The molecule has 0 N–H and O–H groups in total. The van der Waals surface area contributed by atoms with E-state index in [-0.39, 0.29) is 28.8 Å². The summed E-state index contributed by atoms with van der Waals surface area (Å²) in [4.78, 5) is 49.5. The third kappa shape index (κ3) is 5.25. The van der Waals surface area contributed by atoms with Crippen molar-refractivity contribution in [1.29, 1.82) is 0 Å². The summed E-state index contributed by atoms with van der Waals surface area (Å²) in [5.74, 6) is -0.534. The van der Waals surface area contributed by atoms with Crippen LogP contribution in [0.25, 0.3) is 22.4 Å². The molecule has 220 valence electrons. The lowest BCUT2D eigenvalue weighted by Gasteiger charge is -2.29. The molecule has 6 aromatic rings. The zero-order valence-electron chi connectivity index (χ0n) is 24.0. The SMILES string of the molecule is O=C(CC1CCC(n2c(=O)c3cc(F)cnc3n(-c3cccc(Cc4ccccc4)c3)c2=O)CC1)c1cn2ccccc2n1. The van der Waals surface area contributed by atoms with E-state index in [1.54, 1.807) is 12.3 Å². The van der Waals surface area contributed by atoms with Crippen LogP contribution in [0.5, 0.6) is 0 Å². The zero-order chi connectivity index (χ0) is 30.2. The van der Waals surface area contributed by atoms with Gasteiger partial charge in [-0.2, -0.15) is 0 Å². The molecule has 7 rings (SSSR count). The summed E-state index contributed by atoms with van der Waals surface area (Å²) in [5, 5.41) is 0.0576. The fraction of sp³-hybridized carbons (Fsp3) is 0.229. The van der Waals surface area contributed by atoms with Gasteiger partial charge in [-0.15, -0.1) is 0 Å². The molecule has 0 saturated heterocycles. The van der Waals surface area contributed by atoms with Crippen LogP contribution in [0.2, 0.25) is 0 Å². The number of fused-ring (bicyclic) bond motifs is 2. The maximum atomic E-state index is 14.4.